The van der Waals surface area contributed by atoms with Crippen molar-refractivity contribution in [2.24, 2.45) is 5.92 Å². The molecule has 3 aliphatic rings. The highest BCUT2D eigenvalue weighted by atomic mass is 16.5. The van der Waals surface area contributed by atoms with Crippen LogP contribution in [0.3, 0.4) is 0 Å². The smallest absolute Gasteiger partial charge is 0.317 e. The van der Waals surface area contributed by atoms with Crippen LogP contribution in [-0.4, -0.2) is 91.7 Å². The molecule has 136 valence electrons. The summed E-state index contributed by atoms with van der Waals surface area (Å²) in [6, 6.07) is -0.174. The van der Waals surface area contributed by atoms with Crippen molar-refractivity contribution >= 4 is 11.9 Å². The van der Waals surface area contributed by atoms with E-state index in [9.17, 15) is 9.59 Å². The number of hydrogen-bond donors (Lipinski definition) is 1. The quantitative estimate of drug-likeness (QED) is 0.804. The van der Waals surface area contributed by atoms with E-state index in [1.54, 1.807) is 4.90 Å². The third kappa shape index (κ3) is 4.00. The summed E-state index contributed by atoms with van der Waals surface area (Å²) in [5.41, 5.74) is 0. The summed E-state index contributed by atoms with van der Waals surface area (Å²) in [6.07, 6.45) is 3.92. The maximum atomic E-state index is 12.9. The molecule has 1 aliphatic carbocycles. The first-order valence-corrected chi connectivity index (χ1v) is 9.32. The van der Waals surface area contributed by atoms with Gasteiger partial charge in [-0.1, -0.05) is 6.42 Å². The predicted octanol–water partition coefficient (Wildman–Crippen LogP) is 0.361. The molecule has 7 nitrogen and oxygen atoms in total. The van der Waals surface area contributed by atoms with E-state index in [0.717, 1.165) is 25.6 Å². The van der Waals surface area contributed by atoms with Crippen molar-refractivity contribution < 1.29 is 14.3 Å². The van der Waals surface area contributed by atoms with Gasteiger partial charge >= 0.3 is 6.03 Å². The minimum atomic E-state index is -0.143. The second-order valence-electron chi connectivity index (χ2n) is 7.03. The lowest BCUT2D eigenvalue weighted by atomic mass is 9.84. The molecule has 0 radical (unpaired) electrons. The van der Waals surface area contributed by atoms with Crippen molar-refractivity contribution in [3.63, 3.8) is 0 Å². The van der Waals surface area contributed by atoms with Gasteiger partial charge in [0.15, 0.2) is 0 Å². The summed E-state index contributed by atoms with van der Waals surface area (Å²) in [4.78, 5) is 30.8. The lowest BCUT2D eigenvalue weighted by Crippen LogP contribution is -2.60. The van der Waals surface area contributed by atoms with Crippen molar-refractivity contribution in [2.45, 2.75) is 32.2 Å². The van der Waals surface area contributed by atoms with Gasteiger partial charge in [-0.05, 0) is 25.7 Å². The first-order valence-electron chi connectivity index (χ1n) is 9.32. The van der Waals surface area contributed by atoms with Crippen LogP contribution < -0.4 is 5.32 Å². The molecule has 0 aromatic heterocycles. The van der Waals surface area contributed by atoms with Crippen molar-refractivity contribution in [3.05, 3.63) is 0 Å². The highest BCUT2D eigenvalue weighted by Crippen LogP contribution is 2.28. The van der Waals surface area contributed by atoms with Crippen LogP contribution in [-0.2, 0) is 9.53 Å². The van der Waals surface area contributed by atoms with Gasteiger partial charge < -0.3 is 19.9 Å². The molecule has 0 unspecified atom stereocenters. The number of rotatable bonds is 4. The zero-order chi connectivity index (χ0) is 16.9. The van der Waals surface area contributed by atoms with E-state index in [-0.39, 0.29) is 18.0 Å². The van der Waals surface area contributed by atoms with E-state index in [1.165, 1.54) is 19.3 Å². The number of amides is 3. The minimum absolute atomic E-state index is 0.0304. The Kier molecular flexibility index (Phi) is 5.94. The third-order valence-corrected chi connectivity index (χ3v) is 5.45. The summed E-state index contributed by atoms with van der Waals surface area (Å²) in [5, 5.41) is 2.82. The summed E-state index contributed by atoms with van der Waals surface area (Å²) in [7, 11) is 0. The van der Waals surface area contributed by atoms with E-state index >= 15 is 0 Å². The molecule has 0 aromatic rings. The fourth-order valence-electron chi connectivity index (χ4n) is 3.69. The van der Waals surface area contributed by atoms with E-state index in [1.807, 2.05) is 11.8 Å². The molecule has 0 spiro atoms. The number of nitrogens with zero attached hydrogens (tertiary/aromatic N) is 3. The van der Waals surface area contributed by atoms with Crippen molar-refractivity contribution in [2.75, 3.05) is 59.0 Å². The molecule has 24 heavy (non-hydrogen) atoms. The molecule has 1 saturated carbocycles. The number of nitrogens with one attached hydrogen (secondary N) is 1. The van der Waals surface area contributed by atoms with Gasteiger partial charge in [0.05, 0.1) is 13.2 Å². The maximum Gasteiger partial charge on any atom is 0.317 e. The van der Waals surface area contributed by atoms with E-state index < -0.39 is 0 Å². The van der Waals surface area contributed by atoms with Crippen molar-refractivity contribution in [1.29, 1.82) is 0 Å². The van der Waals surface area contributed by atoms with Crippen LogP contribution in [0, 0.1) is 5.92 Å². The Morgan fingerprint density at radius 2 is 1.79 bits per heavy atom. The normalized spacial score (nSPS) is 26.1. The van der Waals surface area contributed by atoms with Gasteiger partial charge in [0.25, 0.3) is 0 Å². The second-order valence-corrected chi connectivity index (χ2v) is 7.03. The molecular weight excluding hydrogens is 308 g/mol. The number of carbonyl (C=O) groups is 2. The summed E-state index contributed by atoms with van der Waals surface area (Å²) in [6.45, 7) is 8.09. The summed E-state index contributed by atoms with van der Waals surface area (Å²) < 4.78 is 5.59. The fraction of sp³-hybridized carbons (Fsp3) is 0.882. The van der Waals surface area contributed by atoms with Gasteiger partial charge in [0, 0.05) is 45.8 Å². The topological polar surface area (TPSA) is 65.1 Å². The van der Waals surface area contributed by atoms with E-state index in [4.69, 9.17) is 4.74 Å². The molecule has 1 N–H and O–H groups in total. The molecule has 3 fully saturated rings. The summed E-state index contributed by atoms with van der Waals surface area (Å²) >= 11 is 0. The first-order chi connectivity index (χ1) is 11.7. The molecule has 2 aliphatic heterocycles. The van der Waals surface area contributed by atoms with Gasteiger partial charge in [-0.3, -0.25) is 9.69 Å². The number of ether oxygens (including phenoxy) is 1. The largest absolute Gasteiger partial charge is 0.378 e. The van der Waals surface area contributed by atoms with Gasteiger partial charge in [0.2, 0.25) is 5.91 Å². The van der Waals surface area contributed by atoms with Crippen molar-refractivity contribution in [1.82, 2.24) is 20.0 Å². The number of morpholine rings is 1. The molecule has 2 saturated heterocycles. The lowest BCUT2D eigenvalue weighted by Gasteiger charge is -2.42. The number of carbonyl (C=O) groups excluding carboxylic acids is 2. The second kappa shape index (κ2) is 8.16. The van der Waals surface area contributed by atoms with Crippen LogP contribution >= 0.6 is 0 Å². The van der Waals surface area contributed by atoms with Crippen LogP contribution in [0.5, 0.6) is 0 Å². The average Bonchev–Trinajstić information content (AvgIpc) is 2.58. The Morgan fingerprint density at radius 1 is 1.08 bits per heavy atom. The Labute approximate surface area is 144 Å². The zero-order valence-electron chi connectivity index (χ0n) is 14.7. The summed E-state index contributed by atoms with van der Waals surface area (Å²) in [5.74, 6) is 0.928. The highest BCUT2D eigenvalue weighted by Gasteiger charge is 2.36. The molecule has 3 amide bonds. The zero-order valence-corrected chi connectivity index (χ0v) is 14.7. The minimum Gasteiger partial charge on any atom is -0.378 e. The van der Waals surface area contributed by atoms with Gasteiger partial charge in [-0.15, -0.1) is 0 Å². The van der Waals surface area contributed by atoms with Gasteiger partial charge in [-0.2, -0.15) is 0 Å². The van der Waals surface area contributed by atoms with Crippen LogP contribution in [0.2, 0.25) is 0 Å². The standard InChI is InChI=1S/C17H30N4O3/c1-2-18-17(23)20-8-6-19(7-9-20)16(22)15-13-24-11-10-21(15)12-14-4-3-5-14/h14-15H,2-13H2,1H3,(H,18,23)/t15-/m0/s1. The van der Waals surface area contributed by atoms with Crippen LogP contribution in [0.4, 0.5) is 4.79 Å². The fourth-order valence-corrected chi connectivity index (χ4v) is 3.69. The van der Waals surface area contributed by atoms with E-state index in [0.29, 0.717) is 39.3 Å². The number of urea groups is 1. The molecule has 0 aromatic carbocycles. The molecule has 0 bridgehead atoms. The van der Waals surface area contributed by atoms with E-state index in [2.05, 4.69) is 10.2 Å². The lowest BCUT2D eigenvalue weighted by molar-refractivity contribution is -0.145. The van der Waals surface area contributed by atoms with Gasteiger partial charge in [-0.25, -0.2) is 4.79 Å². The molecule has 7 heteroatoms. The maximum absolute atomic E-state index is 12.9. The third-order valence-electron chi connectivity index (χ3n) is 5.45. The van der Waals surface area contributed by atoms with Crippen LogP contribution in [0.15, 0.2) is 0 Å². The molecule has 3 rings (SSSR count). The molecular formula is C17H30N4O3. The number of hydrogen-bond acceptors (Lipinski definition) is 4. The van der Waals surface area contributed by atoms with Crippen molar-refractivity contribution in [3.8, 4) is 0 Å². The monoisotopic (exact) mass is 338 g/mol. The van der Waals surface area contributed by atoms with Crippen LogP contribution in [0.25, 0.3) is 0 Å². The first kappa shape index (κ1) is 17.5. The predicted molar refractivity (Wildman–Crippen MR) is 90.7 cm³/mol. The highest BCUT2D eigenvalue weighted by molar-refractivity contribution is 5.82. The van der Waals surface area contributed by atoms with Gasteiger partial charge in [0.1, 0.15) is 6.04 Å². The SMILES string of the molecule is CCNC(=O)N1CCN(C(=O)[C@@H]2COCCN2CC2CCC2)CC1. The Balaban J connectivity index is 1.52. The number of piperazine rings is 1. The van der Waals surface area contributed by atoms with Crippen LogP contribution in [0.1, 0.15) is 26.2 Å². The average molecular weight is 338 g/mol. The Hall–Kier alpha value is -1.34. The molecule has 2 heterocycles. The Morgan fingerprint density at radius 3 is 2.42 bits per heavy atom. The molecule has 1 atom stereocenters. The Bertz CT molecular complexity index is 447.